The molecule has 2 aromatic carbocycles. The summed E-state index contributed by atoms with van der Waals surface area (Å²) in [5, 5.41) is 3.45. The normalized spacial score (nSPS) is 10.8. The predicted molar refractivity (Wildman–Crippen MR) is 105 cm³/mol. The molecule has 0 radical (unpaired) electrons. The van der Waals surface area contributed by atoms with Crippen molar-refractivity contribution in [1.29, 1.82) is 0 Å². The highest BCUT2D eigenvalue weighted by Crippen LogP contribution is 2.29. The SMILES string of the molecule is C=C(CCC(=C)c1ccccc1CC)c1ccc2sccc2c1. The second-order valence-electron chi connectivity index (χ2n) is 5.89. The lowest BCUT2D eigenvalue weighted by Gasteiger charge is -2.12. The van der Waals surface area contributed by atoms with Crippen LogP contribution in [0.15, 0.2) is 67.1 Å². The Morgan fingerprint density at radius 3 is 2.57 bits per heavy atom. The molecular formula is C22H22S. The van der Waals surface area contributed by atoms with Crippen molar-refractivity contribution in [2.75, 3.05) is 0 Å². The van der Waals surface area contributed by atoms with Crippen molar-refractivity contribution < 1.29 is 0 Å². The second-order valence-corrected chi connectivity index (χ2v) is 6.84. The number of aryl methyl sites for hydroxylation is 1. The lowest BCUT2D eigenvalue weighted by Crippen LogP contribution is -1.92. The summed E-state index contributed by atoms with van der Waals surface area (Å²) in [7, 11) is 0. The number of fused-ring (bicyclic) bond motifs is 1. The van der Waals surface area contributed by atoms with Crippen LogP contribution in [0.25, 0.3) is 21.2 Å². The van der Waals surface area contributed by atoms with Crippen LogP contribution in [0.3, 0.4) is 0 Å². The summed E-state index contributed by atoms with van der Waals surface area (Å²) < 4.78 is 1.34. The Hall–Kier alpha value is -2.12. The van der Waals surface area contributed by atoms with Crippen LogP contribution in [0.1, 0.15) is 36.5 Å². The minimum Gasteiger partial charge on any atom is -0.144 e. The van der Waals surface area contributed by atoms with Gasteiger partial charge in [-0.25, -0.2) is 0 Å². The van der Waals surface area contributed by atoms with E-state index in [1.54, 1.807) is 11.3 Å². The molecule has 0 nitrogen and oxygen atoms in total. The van der Waals surface area contributed by atoms with Crippen LogP contribution >= 0.6 is 11.3 Å². The number of hydrogen-bond acceptors (Lipinski definition) is 1. The van der Waals surface area contributed by atoms with E-state index in [0.29, 0.717) is 0 Å². The Morgan fingerprint density at radius 1 is 0.957 bits per heavy atom. The van der Waals surface area contributed by atoms with Gasteiger partial charge in [-0.05, 0) is 76.1 Å². The molecule has 3 aromatic rings. The van der Waals surface area contributed by atoms with E-state index in [0.717, 1.165) is 19.3 Å². The Kier molecular flexibility index (Phi) is 4.78. The average molecular weight is 318 g/mol. The van der Waals surface area contributed by atoms with Crippen LogP contribution in [0.4, 0.5) is 0 Å². The fourth-order valence-electron chi connectivity index (χ4n) is 2.94. The molecule has 0 aliphatic rings. The summed E-state index contributed by atoms with van der Waals surface area (Å²) in [6.45, 7) is 10.8. The first kappa shape index (κ1) is 15.8. The largest absolute Gasteiger partial charge is 0.144 e. The summed E-state index contributed by atoms with van der Waals surface area (Å²) in [5.41, 5.74) is 6.32. The van der Waals surface area contributed by atoms with Gasteiger partial charge in [-0.3, -0.25) is 0 Å². The summed E-state index contributed by atoms with van der Waals surface area (Å²) in [5.74, 6) is 0. The molecule has 0 fully saturated rings. The minimum atomic E-state index is 0.951. The zero-order valence-electron chi connectivity index (χ0n) is 13.6. The Bertz CT molecular complexity index is 851. The average Bonchev–Trinajstić information content (AvgIpc) is 3.06. The van der Waals surface area contributed by atoms with Crippen molar-refractivity contribution in [1.82, 2.24) is 0 Å². The number of rotatable bonds is 6. The van der Waals surface area contributed by atoms with Crippen LogP contribution in [0.5, 0.6) is 0 Å². The first-order valence-electron chi connectivity index (χ1n) is 8.10. The molecule has 0 aliphatic heterocycles. The van der Waals surface area contributed by atoms with Crippen molar-refractivity contribution in [2.45, 2.75) is 26.2 Å². The van der Waals surface area contributed by atoms with E-state index in [9.17, 15) is 0 Å². The van der Waals surface area contributed by atoms with E-state index in [1.165, 1.54) is 37.9 Å². The molecular weight excluding hydrogens is 296 g/mol. The van der Waals surface area contributed by atoms with Crippen molar-refractivity contribution in [3.05, 3.63) is 83.8 Å². The summed E-state index contributed by atoms with van der Waals surface area (Å²) >= 11 is 1.78. The second kappa shape index (κ2) is 6.97. The fraction of sp³-hybridized carbons (Fsp3) is 0.182. The molecule has 3 rings (SSSR count). The van der Waals surface area contributed by atoms with Gasteiger partial charge in [0.25, 0.3) is 0 Å². The van der Waals surface area contributed by atoms with Crippen LogP contribution in [-0.2, 0) is 6.42 Å². The molecule has 0 aliphatic carbocycles. The van der Waals surface area contributed by atoms with Crippen LogP contribution in [0.2, 0.25) is 0 Å². The Morgan fingerprint density at radius 2 is 1.74 bits per heavy atom. The first-order chi connectivity index (χ1) is 11.2. The highest BCUT2D eigenvalue weighted by Gasteiger charge is 2.07. The maximum absolute atomic E-state index is 4.30. The third-order valence-electron chi connectivity index (χ3n) is 4.37. The lowest BCUT2D eigenvalue weighted by atomic mass is 9.93. The molecule has 0 bridgehead atoms. The van der Waals surface area contributed by atoms with Crippen molar-refractivity contribution >= 4 is 32.6 Å². The third-order valence-corrected chi connectivity index (χ3v) is 5.27. The molecule has 1 heterocycles. The summed E-state index contributed by atoms with van der Waals surface area (Å²) in [6.07, 6.45) is 2.95. The van der Waals surface area contributed by atoms with Gasteiger partial charge >= 0.3 is 0 Å². The maximum atomic E-state index is 4.30. The first-order valence-corrected chi connectivity index (χ1v) is 8.98. The summed E-state index contributed by atoms with van der Waals surface area (Å²) in [6, 6.07) is 17.4. The minimum absolute atomic E-state index is 0.951. The highest BCUT2D eigenvalue weighted by molar-refractivity contribution is 7.17. The topological polar surface area (TPSA) is 0 Å². The molecule has 0 spiro atoms. The van der Waals surface area contributed by atoms with Crippen LogP contribution in [-0.4, -0.2) is 0 Å². The standard InChI is InChI=1S/C22H22S/c1-4-18-7-5-6-8-21(18)17(3)10-9-16(2)19-11-12-22-20(15-19)13-14-23-22/h5-8,11-15H,2-4,9-10H2,1H3. The van der Waals surface area contributed by atoms with E-state index in [1.807, 2.05) is 0 Å². The molecule has 0 saturated carbocycles. The zero-order chi connectivity index (χ0) is 16.2. The van der Waals surface area contributed by atoms with E-state index in [-0.39, 0.29) is 0 Å². The van der Waals surface area contributed by atoms with Gasteiger partial charge < -0.3 is 0 Å². The van der Waals surface area contributed by atoms with E-state index in [2.05, 4.69) is 74.0 Å². The molecule has 0 atom stereocenters. The van der Waals surface area contributed by atoms with Gasteiger partial charge in [-0.15, -0.1) is 11.3 Å². The smallest absolute Gasteiger partial charge is 0.0343 e. The van der Waals surface area contributed by atoms with E-state index < -0.39 is 0 Å². The fourth-order valence-corrected chi connectivity index (χ4v) is 3.71. The van der Waals surface area contributed by atoms with Crippen molar-refractivity contribution in [3.63, 3.8) is 0 Å². The molecule has 0 saturated heterocycles. The van der Waals surface area contributed by atoms with Gasteiger partial charge in [-0.2, -0.15) is 0 Å². The van der Waals surface area contributed by atoms with Crippen molar-refractivity contribution in [3.8, 4) is 0 Å². The zero-order valence-corrected chi connectivity index (χ0v) is 14.5. The number of thiophene rings is 1. The molecule has 1 heteroatoms. The van der Waals surface area contributed by atoms with Gasteiger partial charge in [0.2, 0.25) is 0 Å². The van der Waals surface area contributed by atoms with Gasteiger partial charge in [0, 0.05) is 4.70 Å². The quantitative estimate of drug-likeness (QED) is 0.460. The lowest BCUT2D eigenvalue weighted by molar-refractivity contribution is 1.07. The third kappa shape index (κ3) is 3.46. The molecule has 0 unspecified atom stereocenters. The molecule has 0 N–H and O–H groups in total. The molecule has 0 amide bonds. The van der Waals surface area contributed by atoms with E-state index in [4.69, 9.17) is 0 Å². The van der Waals surface area contributed by atoms with Crippen LogP contribution < -0.4 is 0 Å². The van der Waals surface area contributed by atoms with E-state index >= 15 is 0 Å². The highest BCUT2D eigenvalue weighted by atomic mass is 32.1. The summed E-state index contributed by atoms with van der Waals surface area (Å²) in [4.78, 5) is 0. The predicted octanol–water partition coefficient (Wildman–Crippen LogP) is 6.97. The number of benzene rings is 2. The monoisotopic (exact) mass is 318 g/mol. The molecule has 23 heavy (non-hydrogen) atoms. The number of allylic oxidation sites excluding steroid dienone is 2. The van der Waals surface area contributed by atoms with Crippen molar-refractivity contribution in [2.24, 2.45) is 0 Å². The van der Waals surface area contributed by atoms with Gasteiger partial charge in [-0.1, -0.05) is 50.4 Å². The van der Waals surface area contributed by atoms with Crippen LogP contribution in [0, 0.1) is 0 Å². The number of hydrogen-bond donors (Lipinski definition) is 0. The maximum Gasteiger partial charge on any atom is 0.0343 e. The molecule has 1 aromatic heterocycles. The Labute approximate surface area is 142 Å². The Balaban J connectivity index is 1.69. The van der Waals surface area contributed by atoms with Gasteiger partial charge in [0.1, 0.15) is 0 Å². The molecule has 116 valence electrons. The van der Waals surface area contributed by atoms with Gasteiger partial charge in [0.05, 0.1) is 0 Å². The van der Waals surface area contributed by atoms with Gasteiger partial charge in [0.15, 0.2) is 0 Å².